The van der Waals surface area contributed by atoms with E-state index in [2.05, 4.69) is 47.4 Å². The molecule has 0 radical (unpaired) electrons. The molecule has 0 spiro atoms. The van der Waals surface area contributed by atoms with Gasteiger partial charge in [0.2, 0.25) is 0 Å². The van der Waals surface area contributed by atoms with Crippen molar-refractivity contribution >= 4 is 14.3 Å². The second-order valence-electron chi connectivity index (χ2n) is 17.4. The maximum Gasteiger partial charge on any atom is 0.333 e. The highest BCUT2D eigenvalue weighted by atomic mass is 28.4. The number of methoxy groups -OCH3 is 1. The molecule has 12 nitrogen and oxygen atoms in total. The van der Waals surface area contributed by atoms with Gasteiger partial charge in [-0.1, -0.05) is 71.2 Å². The molecule has 0 bridgehead atoms. The molecule has 1 aromatic carbocycles. The summed E-state index contributed by atoms with van der Waals surface area (Å²) >= 11 is 0. The molecule has 5 rings (SSSR count). The molecule has 4 aliphatic rings. The van der Waals surface area contributed by atoms with Crippen molar-refractivity contribution in [3.8, 4) is 5.75 Å². The lowest BCUT2D eigenvalue weighted by Gasteiger charge is -2.52. The maximum absolute atomic E-state index is 13.7. The van der Waals surface area contributed by atoms with E-state index in [-0.39, 0.29) is 23.9 Å². The molecule has 0 aliphatic carbocycles. The van der Waals surface area contributed by atoms with E-state index >= 15 is 0 Å². The molecular weight excluding hydrogens is 737 g/mol. The first-order valence-corrected chi connectivity index (χ1v) is 23.3. The molecule has 4 saturated heterocycles. The Morgan fingerprint density at radius 1 is 1.00 bits per heavy atom. The largest absolute Gasteiger partial charge is 0.497 e. The summed E-state index contributed by atoms with van der Waals surface area (Å²) in [7, 11) is -0.987. The Morgan fingerprint density at radius 2 is 1.70 bits per heavy atom. The van der Waals surface area contributed by atoms with Crippen LogP contribution in [0.2, 0.25) is 18.1 Å². The zero-order chi connectivity index (χ0) is 41.0. The molecule has 13 heteroatoms. The van der Waals surface area contributed by atoms with Crippen LogP contribution in [0.4, 0.5) is 0 Å². The zero-order valence-electron chi connectivity index (χ0n) is 35.7. The van der Waals surface area contributed by atoms with E-state index in [9.17, 15) is 4.79 Å². The molecule has 1 aromatic rings. The number of carbonyl (C=O) groups excluding carboxylic acids is 1. The standard InChI is InChI=1S/C43H68O12Si/c1-14-17-18-20-30(19-15-2)48-40-36(35-32(27(5)47-40)53-43(9,10)54-35)52-41-37(55-56(12,13)42(6,7)8)34(50-38(44)26(4)16-3)33-31(49-41)25-46-39(51-33)28-21-23-29(45-11)24-22-28/h15-16,21-24,27,30-37,39-41H,2,14,17-20,25H2,1,3-13H3/b26-16+/t27-,30-,31-,32+,33-,34+,35+,36-,37-,39-,40+,41+/m1/s1. The van der Waals surface area contributed by atoms with Crippen LogP contribution in [0.25, 0.3) is 0 Å². The fraction of sp³-hybridized carbons (Fsp3) is 0.744. The third-order valence-electron chi connectivity index (χ3n) is 11.7. The third kappa shape index (κ3) is 10.5. The first-order chi connectivity index (χ1) is 26.4. The van der Waals surface area contributed by atoms with E-state index < -0.39 is 81.7 Å². The van der Waals surface area contributed by atoms with Crippen LogP contribution in [0.15, 0.2) is 48.6 Å². The number of esters is 1. The van der Waals surface area contributed by atoms with Gasteiger partial charge in [0.1, 0.15) is 42.4 Å². The van der Waals surface area contributed by atoms with E-state index in [0.29, 0.717) is 17.7 Å². The van der Waals surface area contributed by atoms with Gasteiger partial charge in [0.25, 0.3) is 0 Å². The number of hydrogen-bond donors (Lipinski definition) is 0. The second-order valence-corrected chi connectivity index (χ2v) is 22.2. The molecule has 4 aliphatic heterocycles. The number of ether oxygens (including phenoxy) is 10. The maximum atomic E-state index is 13.7. The van der Waals surface area contributed by atoms with Crippen molar-refractivity contribution in [2.24, 2.45) is 0 Å². The Balaban J connectivity index is 1.55. The number of allylic oxidation sites excluding steroid dienone is 1. The minimum Gasteiger partial charge on any atom is -0.497 e. The summed E-state index contributed by atoms with van der Waals surface area (Å²) in [6, 6.07) is 7.48. The lowest BCUT2D eigenvalue weighted by atomic mass is 9.96. The Labute approximate surface area is 335 Å². The molecule has 56 heavy (non-hydrogen) atoms. The normalized spacial score (nSPS) is 33.9. The summed E-state index contributed by atoms with van der Waals surface area (Å²) in [6.07, 6.45) is -0.0187. The average Bonchev–Trinajstić information content (AvgIpc) is 3.49. The Morgan fingerprint density at radius 3 is 2.32 bits per heavy atom. The van der Waals surface area contributed by atoms with Crippen LogP contribution in [0.1, 0.15) is 106 Å². The van der Waals surface area contributed by atoms with Gasteiger partial charge in [-0.15, -0.1) is 6.58 Å². The molecule has 0 unspecified atom stereocenters. The lowest BCUT2D eigenvalue weighted by molar-refractivity contribution is -0.386. The van der Waals surface area contributed by atoms with Crippen molar-refractivity contribution in [1.29, 1.82) is 0 Å². The number of unbranched alkanes of at least 4 members (excludes halogenated alkanes) is 2. The quantitative estimate of drug-likeness (QED) is 0.0526. The van der Waals surface area contributed by atoms with Crippen LogP contribution in [-0.2, 0) is 51.9 Å². The fourth-order valence-corrected chi connectivity index (χ4v) is 8.58. The van der Waals surface area contributed by atoms with Gasteiger partial charge < -0.3 is 51.8 Å². The summed E-state index contributed by atoms with van der Waals surface area (Å²) < 4.78 is 72.4. The molecule has 0 N–H and O–H groups in total. The van der Waals surface area contributed by atoms with Crippen LogP contribution in [-0.4, -0.2) is 101 Å². The fourth-order valence-electron chi connectivity index (χ4n) is 7.30. The number of fused-ring (bicyclic) bond motifs is 2. The molecule has 4 fully saturated rings. The molecule has 0 aromatic heterocycles. The Bertz CT molecular complexity index is 1470. The van der Waals surface area contributed by atoms with Crippen LogP contribution >= 0.6 is 0 Å². The number of hydrogen-bond acceptors (Lipinski definition) is 12. The minimum atomic E-state index is -2.61. The number of benzene rings is 1. The third-order valence-corrected chi connectivity index (χ3v) is 16.1. The summed E-state index contributed by atoms with van der Waals surface area (Å²) in [5.41, 5.74) is 1.24. The molecule has 4 heterocycles. The van der Waals surface area contributed by atoms with Crippen molar-refractivity contribution in [1.82, 2.24) is 0 Å². The average molecular weight is 805 g/mol. The molecule has 316 valence electrons. The molecule has 0 saturated carbocycles. The van der Waals surface area contributed by atoms with Gasteiger partial charge in [-0.25, -0.2) is 4.79 Å². The van der Waals surface area contributed by atoms with E-state index in [1.54, 1.807) is 27.0 Å². The molecular formula is C43H68O12Si. The molecule has 12 atom stereocenters. The SMILES string of the molecule is C=CC[C@H](CCCCC)O[C@@H]1O[C@H](C)[C@@H]2OC(C)(C)O[C@@H]2[C@H]1O[C@@H]1O[C@@H]2CO[C@@H](c3ccc(OC)cc3)O[C@H]2[C@H](OC(=O)/C(C)=C/C)[C@H]1O[Si](C)(C)C(C)(C)C. The Kier molecular flexibility index (Phi) is 15.1. The Hall–Kier alpha value is -2.17. The van der Waals surface area contributed by atoms with E-state index in [1.165, 1.54) is 0 Å². The van der Waals surface area contributed by atoms with E-state index in [4.69, 9.17) is 51.8 Å². The van der Waals surface area contributed by atoms with Gasteiger partial charge in [0.15, 0.2) is 39.1 Å². The van der Waals surface area contributed by atoms with Crippen LogP contribution < -0.4 is 4.74 Å². The van der Waals surface area contributed by atoms with Gasteiger partial charge >= 0.3 is 5.97 Å². The summed E-state index contributed by atoms with van der Waals surface area (Å²) in [4.78, 5) is 13.7. The van der Waals surface area contributed by atoms with Crippen LogP contribution in [0, 0.1) is 0 Å². The summed E-state index contributed by atoms with van der Waals surface area (Å²) in [5.74, 6) is -0.673. The van der Waals surface area contributed by atoms with Crippen molar-refractivity contribution < 1.29 is 56.6 Å². The minimum absolute atomic E-state index is 0.139. The number of rotatable bonds is 16. The van der Waals surface area contributed by atoms with Gasteiger partial charge in [-0.05, 0) is 77.7 Å². The smallest absolute Gasteiger partial charge is 0.333 e. The highest BCUT2D eigenvalue weighted by Crippen LogP contribution is 2.45. The number of carbonyl (C=O) groups is 1. The van der Waals surface area contributed by atoms with Gasteiger partial charge in [-0.3, -0.25) is 0 Å². The van der Waals surface area contributed by atoms with Crippen molar-refractivity contribution in [2.45, 2.75) is 192 Å². The zero-order valence-corrected chi connectivity index (χ0v) is 36.7. The van der Waals surface area contributed by atoms with Crippen molar-refractivity contribution in [3.05, 3.63) is 54.1 Å². The van der Waals surface area contributed by atoms with Crippen molar-refractivity contribution in [3.63, 3.8) is 0 Å². The van der Waals surface area contributed by atoms with E-state index in [1.807, 2.05) is 51.1 Å². The lowest BCUT2D eigenvalue weighted by Crippen LogP contribution is -2.68. The topological polar surface area (TPSA) is 119 Å². The summed E-state index contributed by atoms with van der Waals surface area (Å²) in [6.45, 7) is 26.4. The van der Waals surface area contributed by atoms with Gasteiger partial charge in [0, 0.05) is 11.1 Å². The first kappa shape index (κ1) is 44.9. The van der Waals surface area contributed by atoms with Crippen LogP contribution in [0.5, 0.6) is 5.75 Å². The van der Waals surface area contributed by atoms with Crippen molar-refractivity contribution in [2.75, 3.05) is 13.7 Å². The first-order valence-electron chi connectivity index (χ1n) is 20.4. The van der Waals surface area contributed by atoms with Gasteiger partial charge in [-0.2, -0.15) is 0 Å². The highest BCUT2D eigenvalue weighted by molar-refractivity contribution is 6.74. The second kappa shape index (κ2) is 18.8. The molecule has 0 amide bonds. The van der Waals surface area contributed by atoms with E-state index in [0.717, 1.165) is 31.2 Å². The highest BCUT2D eigenvalue weighted by Gasteiger charge is 2.60. The monoisotopic (exact) mass is 804 g/mol. The summed E-state index contributed by atoms with van der Waals surface area (Å²) in [5, 5.41) is -0.215. The predicted octanol–water partition coefficient (Wildman–Crippen LogP) is 8.29. The van der Waals surface area contributed by atoms with Crippen LogP contribution in [0.3, 0.4) is 0 Å². The predicted molar refractivity (Wildman–Crippen MR) is 213 cm³/mol. The van der Waals surface area contributed by atoms with Gasteiger partial charge in [0.05, 0.1) is 25.9 Å².